The van der Waals surface area contributed by atoms with Gasteiger partial charge in [0.05, 0.1) is 0 Å². The Hall–Kier alpha value is -4.04. The average Bonchev–Trinajstić information content (AvgIpc) is 3.88. The van der Waals surface area contributed by atoms with Gasteiger partial charge in [0.1, 0.15) is 5.65 Å². The van der Waals surface area contributed by atoms with Gasteiger partial charge in [0, 0.05) is 67.9 Å². The minimum absolute atomic E-state index is 0.0138. The Morgan fingerprint density at radius 2 is 1.60 bits per heavy atom. The summed E-state index contributed by atoms with van der Waals surface area (Å²) in [6, 6.07) is 20.9. The molecule has 1 aliphatic carbocycles. The van der Waals surface area contributed by atoms with E-state index in [9.17, 15) is 9.59 Å². The molecular formula is C35H40N6O2. The molecule has 3 fully saturated rings. The van der Waals surface area contributed by atoms with E-state index in [-0.39, 0.29) is 23.6 Å². The maximum atomic E-state index is 14.3. The first-order valence-corrected chi connectivity index (χ1v) is 15.8. The quantitative estimate of drug-likeness (QED) is 0.317. The summed E-state index contributed by atoms with van der Waals surface area (Å²) in [7, 11) is 0. The van der Waals surface area contributed by atoms with Crippen LogP contribution in [0.25, 0.3) is 22.2 Å². The lowest BCUT2D eigenvalue weighted by molar-refractivity contribution is -0.133. The predicted molar refractivity (Wildman–Crippen MR) is 170 cm³/mol. The van der Waals surface area contributed by atoms with Gasteiger partial charge in [-0.2, -0.15) is 4.98 Å². The largest absolute Gasteiger partial charge is 0.351 e. The van der Waals surface area contributed by atoms with Crippen LogP contribution < -0.4 is 10.9 Å². The van der Waals surface area contributed by atoms with Crippen LogP contribution in [0.15, 0.2) is 71.7 Å². The second-order valence-corrected chi connectivity index (χ2v) is 12.5. The number of carbonyl (C=O) groups is 1. The Bertz CT molecular complexity index is 1670. The number of hydrogen-bond donors (Lipinski definition) is 1. The molecule has 1 N–H and O–H groups in total. The smallest absolute Gasteiger partial charge is 0.260 e. The maximum Gasteiger partial charge on any atom is 0.260 e. The lowest BCUT2D eigenvalue weighted by Crippen LogP contribution is -2.43. The van der Waals surface area contributed by atoms with Gasteiger partial charge >= 0.3 is 0 Å². The predicted octanol–water partition coefficient (Wildman–Crippen LogP) is 5.42. The Morgan fingerprint density at radius 1 is 0.884 bits per heavy atom. The summed E-state index contributed by atoms with van der Waals surface area (Å²) < 4.78 is 1.96. The number of carbonyl (C=O) groups excluding carboxylic acids is 1. The fraction of sp³-hybridized carbons (Fsp3) is 0.429. The number of amides is 1. The molecule has 1 amide bonds. The Morgan fingerprint density at radius 3 is 2.33 bits per heavy atom. The third kappa shape index (κ3) is 5.93. The van der Waals surface area contributed by atoms with Crippen LogP contribution in [0.1, 0.15) is 55.7 Å². The zero-order chi connectivity index (χ0) is 29.3. The molecule has 7 rings (SSSR count). The number of anilines is 1. The third-order valence-corrected chi connectivity index (χ3v) is 9.45. The van der Waals surface area contributed by atoms with Gasteiger partial charge in [0.25, 0.3) is 5.56 Å². The molecule has 2 aromatic carbocycles. The summed E-state index contributed by atoms with van der Waals surface area (Å²) in [5.74, 6) is 1.14. The fourth-order valence-electron chi connectivity index (χ4n) is 6.79. The van der Waals surface area contributed by atoms with Gasteiger partial charge in [0.15, 0.2) is 0 Å². The van der Waals surface area contributed by atoms with Gasteiger partial charge < -0.3 is 10.2 Å². The second-order valence-electron chi connectivity index (χ2n) is 12.5. The molecule has 2 aromatic heterocycles. The van der Waals surface area contributed by atoms with E-state index in [1.807, 2.05) is 39.9 Å². The summed E-state index contributed by atoms with van der Waals surface area (Å²) >= 11 is 0. The highest BCUT2D eigenvalue weighted by atomic mass is 16.2. The molecule has 2 saturated heterocycles. The highest BCUT2D eigenvalue weighted by Gasteiger charge is 2.35. The van der Waals surface area contributed by atoms with Crippen molar-refractivity contribution < 1.29 is 4.79 Å². The van der Waals surface area contributed by atoms with E-state index >= 15 is 0 Å². The van der Waals surface area contributed by atoms with Crippen molar-refractivity contribution in [2.45, 2.75) is 64.1 Å². The fourth-order valence-corrected chi connectivity index (χ4v) is 6.79. The summed E-state index contributed by atoms with van der Waals surface area (Å²) in [5, 5.41) is 4.41. The van der Waals surface area contributed by atoms with Gasteiger partial charge in [0.2, 0.25) is 11.9 Å². The van der Waals surface area contributed by atoms with Crippen molar-refractivity contribution in [3.8, 4) is 11.1 Å². The van der Waals surface area contributed by atoms with E-state index < -0.39 is 0 Å². The molecule has 4 aromatic rings. The van der Waals surface area contributed by atoms with E-state index in [1.165, 1.54) is 5.56 Å². The number of benzene rings is 2. The maximum absolute atomic E-state index is 14.3. The lowest BCUT2D eigenvalue weighted by atomic mass is 9.99. The molecule has 8 heteroatoms. The number of pyridine rings is 1. The molecule has 0 spiro atoms. The molecule has 43 heavy (non-hydrogen) atoms. The van der Waals surface area contributed by atoms with Crippen LogP contribution in [-0.4, -0.2) is 62.5 Å². The zero-order valence-corrected chi connectivity index (χ0v) is 24.9. The number of rotatable bonds is 7. The topological polar surface area (TPSA) is 83.4 Å². The Labute approximate surface area is 252 Å². The molecule has 1 saturated carbocycles. The SMILES string of the molecule is Cc1ccccc1-c1cc2cnc(NC3CCN(C(=O)C4CC4)CC3)nc2n(C2CCN(Cc3ccccc3)CC2)c1=O. The number of nitrogens with zero attached hydrogens (tertiary/aromatic N) is 5. The van der Waals surface area contributed by atoms with Gasteiger partial charge in [-0.3, -0.25) is 19.1 Å². The molecule has 0 unspecified atom stereocenters. The minimum atomic E-state index is 0.0138. The molecule has 0 radical (unpaired) electrons. The van der Waals surface area contributed by atoms with Crippen LogP contribution >= 0.6 is 0 Å². The number of aromatic nitrogens is 3. The van der Waals surface area contributed by atoms with Crippen LogP contribution in [0.4, 0.5) is 5.95 Å². The summed E-state index contributed by atoms with van der Waals surface area (Å²) in [6.45, 7) is 6.37. The van der Waals surface area contributed by atoms with Crippen molar-refractivity contribution in [1.82, 2.24) is 24.3 Å². The monoisotopic (exact) mass is 576 g/mol. The van der Waals surface area contributed by atoms with E-state index in [2.05, 4.69) is 53.5 Å². The van der Waals surface area contributed by atoms with Gasteiger partial charge in [-0.1, -0.05) is 54.6 Å². The van der Waals surface area contributed by atoms with Gasteiger partial charge in [-0.25, -0.2) is 4.98 Å². The van der Waals surface area contributed by atoms with Crippen molar-refractivity contribution in [3.63, 3.8) is 0 Å². The standard InChI is InChI=1S/C35H40N6O2/c1-24-7-5-6-10-30(24)31-21-27-22-36-35(37-28-13-19-40(20-14-28)33(42)26-11-12-26)38-32(27)41(34(31)43)29-15-17-39(18-16-29)23-25-8-3-2-4-9-25/h2-10,21-22,26,28-29H,11-20,23H2,1H3,(H,36,37,38). The molecule has 8 nitrogen and oxygen atoms in total. The van der Waals surface area contributed by atoms with Crippen LogP contribution in [0.3, 0.4) is 0 Å². The lowest BCUT2D eigenvalue weighted by Gasteiger charge is -2.34. The Kier molecular flexibility index (Phi) is 7.70. The van der Waals surface area contributed by atoms with E-state index in [4.69, 9.17) is 9.97 Å². The molecule has 4 heterocycles. The number of hydrogen-bond acceptors (Lipinski definition) is 6. The van der Waals surface area contributed by atoms with E-state index in [0.29, 0.717) is 23.1 Å². The molecule has 222 valence electrons. The molecule has 0 atom stereocenters. The summed E-state index contributed by atoms with van der Waals surface area (Å²) in [6.07, 6.45) is 7.47. The molecule has 2 aliphatic heterocycles. The van der Waals surface area contributed by atoms with Gasteiger partial charge in [-0.15, -0.1) is 0 Å². The first kappa shape index (κ1) is 27.8. The van der Waals surface area contributed by atoms with Crippen LogP contribution in [0.2, 0.25) is 0 Å². The zero-order valence-electron chi connectivity index (χ0n) is 24.9. The van der Waals surface area contributed by atoms with Crippen molar-refractivity contribution in [2.24, 2.45) is 5.92 Å². The van der Waals surface area contributed by atoms with Crippen molar-refractivity contribution in [1.29, 1.82) is 0 Å². The minimum Gasteiger partial charge on any atom is -0.351 e. The molecular weight excluding hydrogens is 536 g/mol. The normalized spacial score (nSPS) is 18.7. The number of fused-ring (bicyclic) bond motifs is 1. The number of aryl methyl sites for hydroxylation is 1. The van der Waals surface area contributed by atoms with Crippen LogP contribution in [-0.2, 0) is 11.3 Å². The number of nitrogens with one attached hydrogen (secondary N) is 1. The van der Waals surface area contributed by atoms with E-state index in [0.717, 1.165) is 87.8 Å². The van der Waals surface area contributed by atoms with Crippen molar-refractivity contribution >= 4 is 22.9 Å². The third-order valence-electron chi connectivity index (χ3n) is 9.45. The average molecular weight is 577 g/mol. The van der Waals surface area contributed by atoms with Crippen molar-refractivity contribution in [2.75, 3.05) is 31.5 Å². The number of piperidine rings is 2. The first-order chi connectivity index (χ1) is 21.0. The van der Waals surface area contributed by atoms with Crippen LogP contribution in [0, 0.1) is 12.8 Å². The Balaban J connectivity index is 1.16. The van der Waals surface area contributed by atoms with E-state index in [1.54, 1.807) is 0 Å². The first-order valence-electron chi connectivity index (χ1n) is 15.8. The van der Waals surface area contributed by atoms with Crippen LogP contribution in [0.5, 0.6) is 0 Å². The summed E-state index contributed by atoms with van der Waals surface area (Å²) in [4.78, 5) is 41.0. The number of likely N-dealkylation sites (tertiary alicyclic amines) is 2. The van der Waals surface area contributed by atoms with Crippen molar-refractivity contribution in [3.05, 3.63) is 88.3 Å². The molecule has 3 aliphatic rings. The highest BCUT2D eigenvalue weighted by Crippen LogP contribution is 2.33. The summed E-state index contributed by atoms with van der Waals surface area (Å²) in [5.41, 5.74) is 4.77. The highest BCUT2D eigenvalue weighted by molar-refractivity contribution is 5.83. The molecule has 0 bridgehead atoms. The van der Waals surface area contributed by atoms with Gasteiger partial charge in [-0.05, 0) is 68.2 Å². The second kappa shape index (κ2) is 11.9.